The number of likely N-dealkylation sites (N-methyl/N-ethyl adjacent to an activating group) is 1. The van der Waals surface area contributed by atoms with Crippen LogP contribution in [0.2, 0.25) is 0 Å². The molecule has 10 heteroatoms. The van der Waals surface area contributed by atoms with E-state index in [1.807, 2.05) is 11.8 Å². The average Bonchev–Trinajstić information content (AvgIpc) is 2.53. The highest BCUT2D eigenvalue weighted by molar-refractivity contribution is 5.74. The maximum atomic E-state index is 12.4. The minimum absolute atomic E-state index is 0.00706. The normalized spacial score (nSPS) is 24.5. The van der Waals surface area contributed by atoms with Gasteiger partial charge in [-0.25, -0.2) is 4.79 Å². The smallest absolute Gasteiger partial charge is 0.401 e. The predicted octanol–water partition coefficient (Wildman–Crippen LogP) is 1.50. The van der Waals surface area contributed by atoms with Crippen LogP contribution >= 0.6 is 0 Å². The van der Waals surface area contributed by atoms with Gasteiger partial charge in [-0.15, -0.1) is 0 Å². The van der Waals surface area contributed by atoms with Gasteiger partial charge in [-0.05, 0) is 51.2 Å². The molecule has 2 aliphatic rings. The summed E-state index contributed by atoms with van der Waals surface area (Å²) in [5.41, 5.74) is 0. The summed E-state index contributed by atoms with van der Waals surface area (Å²) in [6, 6.07) is -0.0571. The number of alkyl halides is 3. The van der Waals surface area contributed by atoms with Gasteiger partial charge in [-0.2, -0.15) is 13.2 Å². The number of aliphatic carboxylic acids is 1. The fourth-order valence-electron chi connectivity index (χ4n) is 3.75. The summed E-state index contributed by atoms with van der Waals surface area (Å²) in [6.45, 7) is 2.96. The van der Waals surface area contributed by atoms with Gasteiger partial charge in [0.1, 0.15) is 0 Å². The number of nitrogens with zero attached hydrogens (tertiary/aromatic N) is 2. The first kappa shape index (κ1) is 21.7. The molecule has 0 radical (unpaired) electrons. The lowest BCUT2D eigenvalue weighted by Crippen LogP contribution is -2.56. The summed E-state index contributed by atoms with van der Waals surface area (Å²) >= 11 is 0. The number of carboxylic acid groups (broad SMARTS) is 1. The molecule has 1 saturated carbocycles. The van der Waals surface area contributed by atoms with Crippen molar-refractivity contribution < 1.29 is 27.9 Å². The Morgan fingerprint density at radius 1 is 1.22 bits per heavy atom. The van der Waals surface area contributed by atoms with Crippen molar-refractivity contribution in [2.45, 2.75) is 50.9 Å². The molecule has 0 bridgehead atoms. The second kappa shape index (κ2) is 9.59. The maximum absolute atomic E-state index is 12.4. The van der Waals surface area contributed by atoms with Gasteiger partial charge in [0.25, 0.3) is 0 Å². The van der Waals surface area contributed by atoms with Crippen molar-refractivity contribution in [2.75, 3.05) is 39.3 Å². The molecule has 3 N–H and O–H groups in total. The molecule has 1 saturated heterocycles. The maximum Gasteiger partial charge on any atom is 0.401 e. The van der Waals surface area contributed by atoms with Gasteiger partial charge in [0, 0.05) is 18.6 Å². The molecular formula is C17H29F3N4O3. The lowest BCUT2D eigenvalue weighted by Gasteiger charge is -2.42. The van der Waals surface area contributed by atoms with E-state index in [1.54, 1.807) is 0 Å². The van der Waals surface area contributed by atoms with Crippen molar-refractivity contribution >= 4 is 12.0 Å². The number of hydrogen-bond acceptors (Lipinski definition) is 4. The number of piperidine rings is 1. The number of carbonyl (C=O) groups excluding carboxylic acids is 1. The van der Waals surface area contributed by atoms with Crippen LogP contribution in [0.1, 0.15) is 32.6 Å². The van der Waals surface area contributed by atoms with Gasteiger partial charge in [-0.3, -0.25) is 14.6 Å². The Morgan fingerprint density at radius 2 is 1.85 bits per heavy atom. The number of carbonyl (C=O) groups is 2. The van der Waals surface area contributed by atoms with Gasteiger partial charge in [-0.1, -0.05) is 6.92 Å². The molecule has 0 atom stereocenters. The molecule has 1 heterocycles. The summed E-state index contributed by atoms with van der Waals surface area (Å²) in [6.07, 6.45) is -1.43. The fourth-order valence-corrected chi connectivity index (χ4v) is 3.75. The zero-order chi connectivity index (χ0) is 20.0. The molecule has 2 rings (SSSR count). The molecule has 0 spiro atoms. The molecule has 27 heavy (non-hydrogen) atoms. The van der Waals surface area contributed by atoms with Crippen LogP contribution in [0.4, 0.5) is 18.0 Å². The quantitative estimate of drug-likeness (QED) is 0.581. The summed E-state index contributed by atoms with van der Waals surface area (Å²) < 4.78 is 37.1. The van der Waals surface area contributed by atoms with E-state index in [4.69, 9.17) is 5.11 Å². The van der Waals surface area contributed by atoms with Gasteiger partial charge in [0.05, 0.1) is 13.1 Å². The predicted molar refractivity (Wildman–Crippen MR) is 93.4 cm³/mol. The fraction of sp³-hybridized carbons (Fsp3) is 0.882. The standard InChI is InChI=1S/C17H29F3N4O3/c1-2-24(10-15(25)26)14-7-13(8-14)22-16(27)21-9-12-3-5-23(6-4-12)11-17(18,19)20/h12-14H,2-11H2,1H3,(H,25,26)(H2,21,22,27). The van der Waals surface area contributed by atoms with Crippen LogP contribution in [0.5, 0.6) is 0 Å². The number of hydrogen-bond donors (Lipinski definition) is 3. The Labute approximate surface area is 157 Å². The van der Waals surface area contributed by atoms with Crippen molar-refractivity contribution in [1.29, 1.82) is 0 Å². The molecule has 156 valence electrons. The summed E-state index contributed by atoms with van der Waals surface area (Å²) in [5, 5.41) is 14.6. The second-order valence-electron chi connectivity index (χ2n) is 7.47. The van der Waals surface area contributed by atoms with E-state index in [9.17, 15) is 22.8 Å². The van der Waals surface area contributed by atoms with Crippen LogP contribution in [-0.4, -0.2) is 84.4 Å². The van der Waals surface area contributed by atoms with Crippen molar-refractivity contribution in [2.24, 2.45) is 5.92 Å². The van der Waals surface area contributed by atoms with E-state index in [0.717, 1.165) is 12.8 Å². The van der Waals surface area contributed by atoms with E-state index in [1.165, 1.54) is 4.90 Å². The van der Waals surface area contributed by atoms with Crippen LogP contribution in [0, 0.1) is 5.92 Å². The van der Waals surface area contributed by atoms with Crippen LogP contribution in [0.25, 0.3) is 0 Å². The first-order chi connectivity index (χ1) is 12.7. The Morgan fingerprint density at radius 3 is 2.37 bits per heavy atom. The van der Waals surface area contributed by atoms with E-state index in [-0.39, 0.29) is 30.6 Å². The van der Waals surface area contributed by atoms with Crippen molar-refractivity contribution in [1.82, 2.24) is 20.4 Å². The Hall–Kier alpha value is -1.55. The molecule has 0 aromatic heterocycles. The average molecular weight is 394 g/mol. The Balaban J connectivity index is 1.58. The first-order valence-corrected chi connectivity index (χ1v) is 9.45. The van der Waals surface area contributed by atoms with Crippen LogP contribution in [0.15, 0.2) is 0 Å². The van der Waals surface area contributed by atoms with E-state index >= 15 is 0 Å². The van der Waals surface area contributed by atoms with Crippen LogP contribution in [-0.2, 0) is 4.79 Å². The lowest BCUT2D eigenvalue weighted by molar-refractivity contribution is -0.148. The van der Waals surface area contributed by atoms with E-state index in [2.05, 4.69) is 10.6 Å². The van der Waals surface area contributed by atoms with Gasteiger partial charge >= 0.3 is 18.2 Å². The molecular weight excluding hydrogens is 365 g/mol. The third kappa shape index (κ3) is 7.53. The highest BCUT2D eigenvalue weighted by Crippen LogP contribution is 2.25. The zero-order valence-corrected chi connectivity index (χ0v) is 15.6. The van der Waals surface area contributed by atoms with Gasteiger partial charge in [0.2, 0.25) is 0 Å². The number of carboxylic acids is 1. The number of halogens is 3. The summed E-state index contributed by atoms with van der Waals surface area (Å²) in [5.74, 6) is -0.659. The highest BCUT2D eigenvalue weighted by atomic mass is 19.4. The van der Waals surface area contributed by atoms with E-state index in [0.29, 0.717) is 39.0 Å². The molecule has 1 aliphatic carbocycles. The largest absolute Gasteiger partial charge is 0.480 e. The number of likely N-dealkylation sites (tertiary alicyclic amines) is 1. The highest BCUT2D eigenvalue weighted by Gasteiger charge is 2.35. The second-order valence-corrected chi connectivity index (χ2v) is 7.47. The molecule has 0 unspecified atom stereocenters. The summed E-state index contributed by atoms with van der Waals surface area (Å²) in [7, 11) is 0. The topological polar surface area (TPSA) is 84.9 Å². The summed E-state index contributed by atoms with van der Waals surface area (Å²) in [4.78, 5) is 26.1. The number of rotatable bonds is 8. The van der Waals surface area contributed by atoms with Crippen LogP contribution in [0.3, 0.4) is 0 Å². The lowest BCUT2D eigenvalue weighted by atomic mass is 9.85. The zero-order valence-electron chi connectivity index (χ0n) is 15.6. The van der Waals surface area contributed by atoms with Gasteiger partial charge in [0.15, 0.2) is 0 Å². The monoisotopic (exact) mass is 394 g/mol. The Kier molecular flexibility index (Phi) is 7.72. The third-order valence-electron chi connectivity index (χ3n) is 5.37. The number of nitrogens with one attached hydrogen (secondary N) is 2. The van der Waals surface area contributed by atoms with Gasteiger partial charge < -0.3 is 15.7 Å². The molecule has 0 aromatic rings. The molecule has 7 nitrogen and oxygen atoms in total. The number of urea groups is 1. The SMILES string of the molecule is CCN(CC(=O)O)C1CC(NC(=O)NCC2CCN(CC(F)(F)F)CC2)C1. The first-order valence-electron chi connectivity index (χ1n) is 9.45. The Bertz CT molecular complexity index is 504. The van der Waals surface area contributed by atoms with Crippen molar-refractivity contribution in [3.63, 3.8) is 0 Å². The van der Waals surface area contributed by atoms with E-state index < -0.39 is 18.7 Å². The molecule has 0 aromatic carbocycles. The molecule has 1 aliphatic heterocycles. The van der Waals surface area contributed by atoms with Crippen LogP contribution < -0.4 is 10.6 Å². The minimum atomic E-state index is -4.16. The molecule has 2 amide bonds. The van der Waals surface area contributed by atoms with Crippen molar-refractivity contribution in [3.8, 4) is 0 Å². The third-order valence-corrected chi connectivity index (χ3v) is 5.37. The minimum Gasteiger partial charge on any atom is -0.480 e. The number of amides is 2. The van der Waals surface area contributed by atoms with Crippen molar-refractivity contribution in [3.05, 3.63) is 0 Å². The molecule has 2 fully saturated rings.